The van der Waals surface area contributed by atoms with E-state index in [1.807, 2.05) is 29.9 Å². The summed E-state index contributed by atoms with van der Waals surface area (Å²) in [4.78, 5) is 4.45. The Balaban J connectivity index is 1.93. The van der Waals surface area contributed by atoms with Gasteiger partial charge in [0, 0.05) is 17.8 Å². The Morgan fingerprint density at radius 3 is 2.82 bits per heavy atom. The van der Waals surface area contributed by atoms with Crippen molar-refractivity contribution in [2.75, 3.05) is 0 Å². The molecule has 2 aromatic heterocycles. The molecule has 2 heterocycles. The molecule has 17 heavy (non-hydrogen) atoms. The van der Waals surface area contributed by atoms with Gasteiger partial charge in [0.15, 0.2) is 5.82 Å². The minimum Gasteiger partial charge on any atom is -0.392 e. The molecule has 4 nitrogen and oxygen atoms in total. The molecule has 0 aliphatic heterocycles. The third-order valence-electron chi connectivity index (χ3n) is 3.19. The summed E-state index contributed by atoms with van der Waals surface area (Å²) in [6, 6.07) is 5.85. The Bertz CT molecular complexity index is 543. The van der Waals surface area contributed by atoms with Crippen molar-refractivity contribution in [3.8, 4) is 5.82 Å². The molecule has 0 unspecified atom stereocenters. The highest BCUT2D eigenvalue weighted by Gasteiger charge is 2.25. The van der Waals surface area contributed by atoms with Gasteiger partial charge in [-0.1, -0.05) is 6.07 Å². The van der Waals surface area contributed by atoms with E-state index in [9.17, 15) is 0 Å². The van der Waals surface area contributed by atoms with E-state index in [0.29, 0.717) is 5.92 Å². The lowest BCUT2D eigenvalue weighted by Crippen LogP contribution is -2.02. The maximum Gasteiger partial charge on any atom is 0.153 e. The van der Waals surface area contributed by atoms with Crippen LogP contribution in [0.25, 0.3) is 5.82 Å². The van der Waals surface area contributed by atoms with Gasteiger partial charge in [0.2, 0.25) is 0 Å². The van der Waals surface area contributed by atoms with E-state index in [2.05, 4.69) is 16.1 Å². The summed E-state index contributed by atoms with van der Waals surface area (Å²) in [5, 5.41) is 13.6. The van der Waals surface area contributed by atoms with Gasteiger partial charge in [0.1, 0.15) is 0 Å². The van der Waals surface area contributed by atoms with Crippen molar-refractivity contribution in [3.05, 3.63) is 41.3 Å². The van der Waals surface area contributed by atoms with Gasteiger partial charge in [0.25, 0.3) is 0 Å². The van der Waals surface area contributed by atoms with E-state index in [0.717, 1.165) is 22.8 Å². The number of rotatable bonds is 3. The lowest BCUT2D eigenvalue weighted by Gasteiger charge is -2.05. The number of aryl methyl sites for hydroxylation is 1. The molecule has 1 aliphatic carbocycles. The molecule has 88 valence electrons. The van der Waals surface area contributed by atoms with Crippen LogP contribution < -0.4 is 0 Å². The highest BCUT2D eigenvalue weighted by molar-refractivity contribution is 5.30. The van der Waals surface area contributed by atoms with Gasteiger partial charge in [-0.3, -0.25) is 0 Å². The van der Waals surface area contributed by atoms with Crippen molar-refractivity contribution in [1.82, 2.24) is 14.8 Å². The zero-order chi connectivity index (χ0) is 11.8. The number of nitrogens with zero attached hydrogens (tertiary/aromatic N) is 3. The second-order valence-corrected chi connectivity index (χ2v) is 4.53. The topological polar surface area (TPSA) is 50.9 Å². The van der Waals surface area contributed by atoms with E-state index in [1.54, 1.807) is 0 Å². The Hall–Kier alpha value is -1.68. The van der Waals surface area contributed by atoms with Gasteiger partial charge < -0.3 is 5.11 Å². The Kier molecular flexibility index (Phi) is 2.44. The van der Waals surface area contributed by atoms with E-state index in [4.69, 9.17) is 5.11 Å². The standard InChI is InChI=1S/C13H15N3O/c1-9-11(8-17)4-5-13(14-9)16-7-6-12(15-16)10-2-3-10/h4-7,10,17H,2-3,8H2,1H3. The first kappa shape index (κ1) is 10.5. The largest absolute Gasteiger partial charge is 0.392 e. The smallest absolute Gasteiger partial charge is 0.153 e. The number of hydrogen-bond acceptors (Lipinski definition) is 3. The van der Waals surface area contributed by atoms with Crippen LogP contribution >= 0.6 is 0 Å². The van der Waals surface area contributed by atoms with Crippen LogP contribution in [0.3, 0.4) is 0 Å². The Morgan fingerprint density at radius 2 is 2.18 bits per heavy atom. The molecule has 0 radical (unpaired) electrons. The summed E-state index contributed by atoms with van der Waals surface area (Å²) < 4.78 is 1.81. The molecule has 0 saturated heterocycles. The molecule has 2 aromatic rings. The van der Waals surface area contributed by atoms with E-state index >= 15 is 0 Å². The monoisotopic (exact) mass is 229 g/mol. The summed E-state index contributed by atoms with van der Waals surface area (Å²) in [5.41, 5.74) is 2.88. The predicted molar refractivity (Wildman–Crippen MR) is 64.0 cm³/mol. The van der Waals surface area contributed by atoms with Gasteiger partial charge in [-0.05, 0) is 37.5 Å². The predicted octanol–water partition coefficient (Wildman–Crippen LogP) is 1.95. The fourth-order valence-corrected chi connectivity index (χ4v) is 1.93. The van der Waals surface area contributed by atoms with Gasteiger partial charge in [-0.25, -0.2) is 9.67 Å². The minimum absolute atomic E-state index is 0.0333. The second kappa shape index (κ2) is 3.96. The van der Waals surface area contributed by atoms with Crippen LogP contribution in [0.4, 0.5) is 0 Å². The van der Waals surface area contributed by atoms with Gasteiger partial charge in [-0.15, -0.1) is 0 Å². The first-order valence-electron chi connectivity index (χ1n) is 5.91. The number of aliphatic hydroxyl groups is 1. The molecule has 1 N–H and O–H groups in total. The van der Waals surface area contributed by atoms with Crippen LogP contribution in [-0.2, 0) is 6.61 Å². The molecule has 0 amide bonds. The maximum absolute atomic E-state index is 9.10. The van der Waals surface area contributed by atoms with Crippen molar-refractivity contribution in [3.63, 3.8) is 0 Å². The third-order valence-corrected chi connectivity index (χ3v) is 3.19. The number of aliphatic hydroxyl groups excluding tert-OH is 1. The van der Waals surface area contributed by atoms with Crippen molar-refractivity contribution in [2.24, 2.45) is 0 Å². The van der Waals surface area contributed by atoms with Crippen LogP contribution in [-0.4, -0.2) is 19.9 Å². The Morgan fingerprint density at radius 1 is 1.35 bits per heavy atom. The van der Waals surface area contributed by atoms with Crippen LogP contribution in [0.1, 0.15) is 35.7 Å². The first-order chi connectivity index (χ1) is 8.28. The quantitative estimate of drug-likeness (QED) is 0.875. The van der Waals surface area contributed by atoms with Gasteiger partial charge in [0.05, 0.1) is 12.3 Å². The third kappa shape index (κ3) is 1.96. The lowest BCUT2D eigenvalue weighted by atomic mass is 10.2. The Labute approximate surface area is 99.9 Å². The highest BCUT2D eigenvalue weighted by atomic mass is 16.3. The zero-order valence-electron chi connectivity index (χ0n) is 9.80. The van der Waals surface area contributed by atoms with Crippen LogP contribution in [0.2, 0.25) is 0 Å². The highest BCUT2D eigenvalue weighted by Crippen LogP contribution is 2.38. The van der Waals surface area contributed by atoms with E-state index in [1.165, 1.54) is 12.8 Å². The summed E-state index contributed by atoms with van der Waals surface area (Å²) in [6.45, 7) is 1.94. The molecule has 1 aliphatic rings. The average molecular weight is 229 g/mol. The zero-order valence-corrected chi connectivity index (χ0v) is 9.80. The first-order valence-corrected chi connectivity index (χ1v) is 5.91. The summed E-state index contributed by atoms with van der Waals surface area (Å²) in [5.74, 6) is 1.47. The molecule has 4 heteroatoms. The SMILES string of the molecule is Cc1nc(-n2ccc(C3CC3)n2)ccc1CO. The number of hydrogen-bond donors (Lipinski definition) is 1. The van der Waals surface area contributed by atoms with Crippen molar-refractivity contribution >= 4 is 0 Å². The molecule has 1 saturated carbocycles. The molecule has 3 rings (SSSR count). The van der Waals surface area contributed by atoms with Crippen LogP contribution in [0.15, 0.2) is 24.4 Å². The minimum atomic E-state index is 0.0333. The van der Waals surface area contributed by atoms with Gasteiger partial charge >= 0.3 is 0 Å². The summed E-state index contributed by atoms with van der Waals surface area (Å²) in [6.07, 6.45) is 4.47. The fraction of sp³-hybridized carbons (Fsp3) is 0.385. The van der Waals surface area contributed by atoms with Crippen molar-refractivity contribution in [2.45, 2.75) is 32.3 Å². The lowest BCUT2D eigenvalue weighted by molar-refractivity contribution is 0.280. The fourth-order valence-electron chi connectivity index (χ4n) is 1.93. The molecule has 0 bridgehead atoms. The summed E-state index contributed by atoms with van der Waals surface area (Å²) >= 11 is 0. The van der Waals surface area contributed by atoms with Gasteiger partial charge in [-0.2, -0.15) is 5.10 Å². The molecule has 0 atom stereocenters. The van der Waals surface area contributed by atoms with Crippen LogP contribution in [0, 0.1) is 6.92 Å². The van der Waals surface area contributed by atoms with Crippen LogP contribution in [0.5, 0.6) is 0 Å². The second-order valence-electron chi connectivity index (χ2n) is 4.53. The van der Waals surface area contributed by atoms with Crippen molar-refractivity contribution in [1.29, 1.82) is 0 Å². The summed E-state index contributed by atoms with van der Waals surface area (Å²) in [7, 11) is 0. The number of aromatic nitrogens is 3. The molecular weight excluding hydrogens is 214 g/mol. The molecular formula is C13H15N3O. The van der Waals surface area contributed by atoms with E-state index < -0.39 is 0 Å². The normalized spacial score (nSPS) is 15.2. The molecule has 0 aromatic carbocycles. The average Bonchev–Trinajstić information content (AvgIpc) is 3.07. The van der Waals surface area contributed by atoms with E-state index in [-0.39, 0.29) is 6.61 Å². The molecule has 1 fully saturated rings. The maximum atomic E-state index is 9.10. The molecule has 0 spiro atoms. The van der Waals surface area contributed by atoms with Crippen molar-refractivity contribution < 1.29 is 5.11 Å². The number of pyridine rings is 1.